The van der Waals surface area contributed by atoms with Gasteiger partial charge in [-0.15, -0.1) is 0 Å². The van der Waals surface area contributed by atoms with Crippen molar-refractivity contribution in [1.29, 1.82) is 0 Å². The predicted octanol–water partition coefficient (Wildman–Crippen LogP) is 1.72. The lowest BCUT2D eigenvalue weighted by Crippen LogP contribution is -2.46. The first-order valence-electron chi connectivity index (χ1n) is 8.06. The predicted molar refractivity (Wildman–Crippen MR) is 88.0 cm³/mol. The topological polar surface area (TPSA) is 88.1 Å². The maximum atomic E-state index is 12.0. The number of nitrogens with one attached hydrogen (secondary N) is 1. The van der Waals surface area contributed by atoms with Crippen LogP contribution in [-0.2, 0) is 16.1 Å². The van der Waals surface area contributed by atoms with Crippen LogP contribution in [0.1, 0.15) is 18.4 Å². The number of amides is 2. The van der Waals surface area contributed by atoms with E-state index in [4.69, 9.17) is 14.6 Å². The fraction of sp³-hybridized carbons (Fsp3) is 0.529. The van der Waals surface area contributed by atoms with E-state index in [9.17, 15) is 9.59 Å². The Kier molecular flexibility index (Phi) is 6.87. The number of urea groups is 1. The molecule has 1 heterocycles. The molecule has 0 atom stereocenters. The van der Waals surface area contributed by atoms with Gasteiger partial charge in [-0.25, -0.2) is 4.79 Å². The molecule has 0 aliphatic carbocycles. The molecule has 0 radical (unpaired) electrons. The molecule has 1 fully saturated rings. The lowest BCUT2D eigenvalue weighted by Gasteiger charge is -2.30. The summed E-state index contributed by atoms with van der Waals surface area (Å²) in [6, 6.07) is 7.46. The smallest absolute Gasteiger partial charge is 0.317 e. The van der Waals surface area contributed by atoms with E-state index in [1.807, 2.05) is 24.3 Å². The van der Waals surface area contributed by atoms with Gasteiger partial charge in [-0.2, -0.15) is 0 Å². The minimum Gasteiger partial charge on any atom is -0.497 e. The number of benzene rings is 1. The average molecular weight is 336 g/mol. The lowest BCUT2D eigenvalue weighted by atomic mass is 9.97. The fourth-order valence-corrected chi connectivity index (χ4v) is 2.58. The Bertz CT molecular complexity index is 538. The molecule has 2 N–H and O–H groups in total. The Morgan fingerprint density at radius 3 is 2.50 bits per heavy atom. The summed E-state index contributed by atoms with van der Waals surface area (Å²) in [4.78, 5) is 24.5. The summed E-state index contributed by atoms with van der Waals surface area (Å²) in [6.07, 6.45) is 1.02. The highest BCUT2D eigenvalue weighted by Crippen LogP contribution is 2.17. The largest absolute Gasteiger partial charge is 0.497 e. The van der Waals surface area contributed by atoms with Crippen LogP contribution in [0.15, 0.2) is 24.3 Å². The molecule has 0 bridgehead atoms. The van der Waals surface area contributed by atoms with Crippen LogP contribution in [0.2, 0.25) is 0 Å². The monoisotopic (exact) mass is 336 g/mol. The van der Waals surface area contributed by atoms with Gasteiger partial charge in [0.05, 0.1) is 26.2 Å². The Hall–Kier alpha value is -2.28. The van der Waals surface area contributed by atoms with Gasteiger partial charge in [-0.3, -0.25) is 4.79 Å². The number of ether oxygens (including phenoxy) is 2. The Balaban J connectivity index is 1.58. The zero-order chi connectivity index (χ0) is 17.4. The Morgan fingerprint density at radius 1 is 1.25 bits per heavy atom. The summed E-state index contributed by atoms with van der Waals surface area (Å²) < 4.78 is 10.6. The molecule has 0 saturated carbocycles. The number of carboxylic acids is 1. The van der Waals surface area contributed by atoms with Gasteiger partial charge in [0.25, 0.3) is 0 Å². The number of aliphatic carboxylic acids is 1. The van der Waals surface area contributed by atoms with E-state index in [1.54, 1.807) is 12.0 Å². The van der Waals surface area contributed by atoms with Gasteiger partial charge >= 0.3 is 12.0 Å². The zero-order valence-electron chi connectivity index (χ0n) is 13.9. The Morgan fingerprint density at radius 2 is 1.92 bits per heavy atom. The first-order valence-corrected chi connectivity index (χ1v) is 8.06. The molecule has 0 unspecified atom stereocenters. The van der Waals surface area contributed by atoms with E-state index < -0.39 is 5.97 Å². The number of piperidine rings is 1. The number of carboxylic acid groups (broad SMARTS) is 1. The zero-order valence-corrected chi connectivity index (χ0v) is 13.9. The summed E-state index contributed by atoms with van der Waals surface area (Å²) in [7, 11) is 1.62. The molecule has 0 aromatic heterocycles. The van der Waals surface area contributed by atoms with Gasteiger partial charge in [0.2, 0.25) is 0 Å². The maximum absolute atomic E-state index is 12.0. The third kappa shape index (κ3) is 5.42. The van der Waals surface area contributed by atoms with Gasteiger partial charge < -0.3 is 24.8 Å². The van der Waals surface area contributed by atoms with E-state index >= 15 is 0 Å². The van der Waals surface area contributed by atoms with Crippen LogP contribution in [-0.4, -0.2) is 55.4 Å². The average Bonchev–Trinajstić information content (AvgIpc) is 2.62. The summed E-state index contributed by atoms with van der Waals surface area (Å²) in [5, 5.41) is 11.7. The molecule has 1 aromatic rings. The minimum atomic E-state index is -0.776. The lowest BCUT2D eigenvalue weighted by molar-refractivity contribution is -0.143. The van der Waals surface area contributed by atoms with Gasteiger partial charge in [0, 0.05) is 19.6 Å². The van der Waals surface area contributed by atoms with E-state index in [0.29, 0.717) is 45.7 Å². The first kappa shape index (κ1) is 18.1. The fourth-order valence-electron chi connectivity index (χ4n) is 2.58. The molecule has 132 valence electrons. The number of methoxy groups -OCH3 is 1. The third-order valence-electron chi connectivity index (χ3n) is 4.08. The van der Waals surface area contributed by atoms with Gasteiger partial charge in [0.15, 0.2) is 0 Å². The van der Waals surface area contributed by atoms with E-state index in [1.165, 1.54) is 0 Å². The van der Waals surface area contributed by atoms with Crippen LogP contribution in [0, 0.1) is 5.92 Å². The van der Waals surface area contributed by atoms with Crippen molar-refractivity contribution < 1.29 is 24.2 Å². The van der Waals surface area contributed by atoms with Crippen LogP contribution < -0.4 is 10.1 Å². The SMILES string of the molecule is COc1ccc(COCCNC(=O)N2CCC(C(=O)O)CC2)cc1. The van der Waals surface area contributed by atoms with Crippen molar-refractivity contribution in [3.8, 4) is 5.75 Å². The van der Waals surface area contributed by atoms with Crippen molar-refractivity contribution in [2.24, 2.45) is 5.92 Å². The maximum Gasteiger partial charge on any atom is 0.317 e. The molecule has 2 rings (SSSR count). The standard InChI is InChI=1S/C17H24N2O5/c1-23-15-4-2-13(3-5-15)12-24-11-8-18-17(22)19-9-6-14(7-10-19)16(20)21/h2-5,14H,6-12H2,1H3,(H,18,22)(H,20,21). The highest BCUT2D eigenvalue weighted by Gasteiger charge is 2.26. The quantitative estimate of drug-likeness (QED) is 0.740. The first-order chi connectivity index (χ1) is 11.6. The van der Waals surface area contributed by atoms with Gasteiger partial charge in [0.1, 0.15) is 5.75 Å². The number of rotatable bonds is 7. The highest BCUT2D eigenvalue weighted by atomic mass is 16.5. The van der Waals surface area contributed by atoms with Crippen molar-refractivity contribution >= 4 is 12.0 Å². The summed E-state index contributed by atoms with van der Waals surface area (Å²) in [6.45, 7) is 2.28. The number of hydrogen-bond acceptors (Lipinski definition) is 4. The second kappa shape index (κ2) is 9.12. The third-order valence-corrected chi connectivity index (χ3v) is 4.08. The van der Waals surface area contributed by atoms with Crippen molar-refractivity contribution in [3.63, 3.8) is 0 Å². The summed E-state index contributed by atoms with van der Waals surface area (Å²) >= 11 is 0. The molecule has 0 spiro atoms. The van der Waals surface area contributed by atoms with Crippen molar-refractivity contribution in [1.82, 2.24) is 10.2 Å². The number of nitrogens with zero attached hydrogens (tertiary/aromatic N) is 1. The normalized spacial score (nSPS) is 15.1. The molecule has 1 aliphatic heterocycles. The van der Waals surface area contributed by atoms with E-state index in [0.717, 1.165) is 11.3 Å². The number of carbonyl (C=O) groups is 2. The molecule has 7 nitrogen and oxygen atoms in total. The van der Waals surface area contributed by atoms with Crippen molar-refractivity contribution in [2.45, 2.75) is 19.4 Å². The molecule has 1 saturated heterocycles. The molecular formula is C17H24N2O5. The van der Waals surface area contributed by atoms with Crippen LogP contribution in [0.4, 0.5) is 4.79 Å². The molecule has 1 aliphatic rings. The molecule has 1 aromatic carbocycles. The van der Waals surface area contributed by atoms with Gasteiger partial charge in [-0.05, 0) is 30.5 Å². The Labute approximate surface area is 141 Å². The minimum absolute atomic E-state index is 0.160. The van der Waals surface area contributed by atoms with Crippen molar-refractivity contribution in [3.05, 3.63) is 29.8 Å². The molecule has 24 heavy (non-hydrogen) atoms. The highest BCUT2D eigenvalue weighted by molar-refractivity contribution is 5.75. The number of likely N-dealkylation sites (tertiary alicyclic amines) is 1. The number of hydrogen-bond donors (Lipinski definition) is 2. The summed E-state index contributed by atoms with van der Waals surface area (Å²) in [5.41, 5.74) is 1.04. The summed E-state index contributed by atoms with van der Waals surface area (Å²) in [5.74, 6) is -0.304. The van der Waals surface area contributed by atoms with E-state index in [-0.39, 0.29) is 11.9 Å². The molecular weight excluding hydrogens is 312 g/mol. The second-order valence-corrected chi connectivity index (χ2v) is 5.73. The number of carbonyl (C=O) groups excluding carboxylic acids is 1. The van der Waals surface area contributed by atoms with Crippen molar-refractivity contribution in [2.75, 3.05) is 33.4 Å². The molecule has 7 heteroatoms. The van der Waals surface area contributed by atoms with Gasteiger partial charge in [-0.1, -0.05) is 12.1 Å². The molecule has 2 amide bonds. The van der Waals surface area contributed by atoms with Crippen LogP contribution >= 0.6 is 0 Å². The van der Waals surface area contributed by atoms with Crippen LogP contribution in [0.3, 0.4) is 0 Å². The van der Waals surface area contributed by atoms with E-state index in [2.05, 4.69) is 5.32 Å². The second-order valence-electron chi connectivity index (χ2n) is 5.73. The van der Waals surface area contributed by atoms with Crippen LogP contribution in [0.25, 0.3) is 0 Å². The van der Waals surface area contributed by atoms with Crippen LogP contribution in [0.5, 0.6) is 5.75 Å².